The van der Waals surface area contributed by atoms with E-state index in [1.54, 1.807) is 19.1 Å². The molecule has 0 radical (unpaired) electrons. The van der Waals surface area contributed by atoms with Gasteiger partial charge in [0.2, 0.25) is 0 Å². The van der Waals surface area contributed by atoms with E-state index >= 15 is 0 Å². The van der Waals surface area contributed by atoms with E-state index in [0.717, 1.165) is 5.56 Å². The maximum absolute atomic E-state index is 13.5. The van der Waals surface area contributed by atoms with Gasteiger partial charge in [-0.2, -0.15) is 9.78 Å². The molecule has 0 amide bonds. The topological polar surface area (TPSA) is 104 Å². The predicted molar refractivity (Wildman–Crippen MR) is 119 cm³/mol. The van der Waals surface area contributed by atoms with Crippen molar-refractivity contribution in [3.8, 4) is 11.4 Å². The normalized spacial score (nSPS) is 11.7. The molecule has 1 N–H and O–H groups in total. The minimum absolute atomic E-state index is 0.0427. The Morgan fingerprint density at radius 1 is 1.09 bits per heavy atom. The smallest absolute Gasteiger partial charge is 0.360 e. The molecule has 2 heterocycles. The zero-order chi connectivity index (χ0) is 22.5. The van der Waals surface area contributed by atoms with Crippen LogP contribution in [0.15, 0.2) is 77.9 Å². The molecule has 1 atom stereocenters. The number of esters is 1. The molecule has 9 nitrogen and oxygen atoms in total. The lowest BCUT2D eigenvalue weighted by atomic mass is 10.1. The lowest BCUT2D eigenvalue weighted by Gasteiger charge is -2.18. The van der Waals surface area contributed by atoms with Crippen molar-refractivity contribution in [2.45, 2.75) is 19.9 Å². The van der Waals surface area contributed by atoms with Crippen LogP contribution in [0, 0.1) is 0 Å². The summed E-state index contributed by atoms with van der Waals surface area (Å²) in [6, 6.07) is 18.7. The summed E-state index contributed by atoms with van der Waals surface area (Å²) < 4.78 is 7.63. The molecule has 0 fully saturated rings. The molecule has 4 rings (SSSR count). The minimum Gasteiger partial charge on any atom is -0.461 e. The number of nitrogens with zero attached hydrogens (tertiary/aromatic N) is 5. The maximum Gasteiger partial charge on any atom is 0.360 e. The monoisotopic (exact) mass is 430 g/mol. The average Bonchev–Trinajstić information content (AvgIpc) is 3.32. The SMILES string of the molecule is CCOC(=O)c1cn(-c2cnn(-c3ccccc3)c(=O)c2NC(C)c2ccccc2)nn1. The first kappa shape index (κ1) is 21.0. The van der Waals surface area contributed by atoms with Gasteiger partial charge in [-0.25, -0.2) is 9.48 Å². The first-order valence-corrected chi connectivity index (χ1v) is 10.2. The third-order valence-electron chi connectivity index (χ3n) is 4.84. The Bertz CT molecular complexity index is 1270. The molecule has 2 aromatic carbocycles. The van der Waals surface area contributed by atoms with Gasteiger partial charge in [0.15, 0.2) is 5.69 Å². The number of hydrogen-bond acceptors (Lipinski definition) is 7. The van der Waals surface area contributed by atoms with E-state index in [9.17, 15) is 9.59 Å². The third kappa shape index (κ3) is 4.27. The second kappa shape index (κ2) is 9.25. The third-order valence-corrected chi connectivity index (χ3v) is 4.84. The molecule has 162 valence electrons. The molecule has 0 aliphatic carbocycles. The number of anilines is 1. The van der Waals surface area contributed by atoms with Gasteiger partial charge in [0, 0.05) is 6.04 Å². The number of nitrogens with one attached hydrogen (secondary N) is 1. The Morgan fingerprint density at radius 3 is 2.47 bits per heavy atom. The minimum atomic E-state index is -0.587. The van der Waals surface area contributed by atoms with Crippen LogP contribution in [-0.4, -0.2) is 37.4 Å². The van der Waals surface area contributed by atoms with Gasteiger partial charge in [0.1, 0.15) is 11.4 Å². The van der Waals surface area contributed by atoms with Gasteiger partial charge < -0.3 is 10.1 Å². The fraction of sp³-hybridized carbons (Fsp3) is 0.174. The number of carbonyl (C=O) groups excluding carboxylic acids is 1. The molecular formula is C23H22N6O3. The van der Waals surface area contributed by atoms with Crippen LogP contribution in [0.1, 0.15) is 35.9 Å². The van der Waals surface area contributed by atoms with E-state index in [1.165, 1.54) is 21.8 Å². The summed E-state index contributed by atoms with van der Waals surface area (Å²) in [5.41, 5.74) is 1.97. The summed E-state index contributed by atoms with van der Waals surface area (Å²) in [6.07, 6.45) is 2.93. The molecule has 0 bridgehead atoms. The number of carbonyl (C=O) groups is 1. The van der Waals surface area contributed by atoms with E-state index in [-0.39, 0.29) is 29.6 Å². The molecule has 0 aliphatic rings. The number of hydrogen-bond donors (Lipinski definition) is 1. The zero-order valence-electron chi connectivity index (χ0n) is 17.7. The van der Waals surface area contributed by atoms with Crippen LogP contribution >= 0.6 is 0 Å². The van der Waals surface area contributed by atoms with Crippen LogP contribution in [0.2, 0.25) is 0 Å². The molecule has 9 heteroatoms. The van der Waals surface area contributed by atoms with Gasteiger partial charge >= 0.3 is 5.97 Å². The number of aromatic nitrogens is 5. The van der Waals surface area contributed by atoms with Crippen LogP contribution in [-0.2, 0) is 4.74 Å². The van der Waals surface area contributed by atoms with Gasteiger partial charge in [-0.15, -0.1) is 5.10 Å². The highest BCUT2D eigenvalue weighted by atomic mass is 16.5. The first-order chi connectivity index (χ1) is 15.6. The van der Waals surface area contributed by atoms with Crippen molar-refractivity contribution in [1.82, 2.24) is 24.8 Å². The highest BCUT2D eigenvalue weighted by Crippen LogP contribution is 2.22. The van der Waals surface area contributed by atoms with E-state index < -0.39 is 5.97 Å². The Hall–Kier alpha value is -4.27. The number of rotatable bonds is 7. The van der Waals surface area contributed by atoms with E-state index in [1.807, 2.05) is 55.5 Å². The van der Waals surface area contributed by atoms with Gasteiger partial charge in [-0.1, -0.05) is 53.7 Å². The molecule has 32 heavy (non-hydrogen) atoms. The van der Waals surface area contributed by atoms with Gasteiger partial charge in [-0.05, 0) is 31.5 Å². The molecule has 0 spiro atoms. The largest absolute Gasteiger partial charge is 0.461 e. The van der Waals surface area contributed by atoms with Gasteiger partial charge in [0.25, 0.3) is 5.56 Å². The van der Waals surface area contributed by atoms with Gasteiger partial charge in [0.05, 0.1) is 24.7 Å². The van der Waals surface area contributed by atoms with Crippen molar-refractivity contribution < 1.29 is 9.53 Å². The average molecular weight is 430 g/mol. The molecule has 2 aromatic heterocycles. The quantitative estimate of drug-likeness (QED) is 0.449. The lowest BCUT2D eigenvalue weighted by molar-refractivity contribution is 0.0519. The molecule has 0 aliphatic heterocycles. The molecular weight excluding hydrogens is 408 g/mol. The van der Waals surface area contributed by atoms with Crippen molar-refractivity contribution >= 4 is 11.7 Å². The zero-order valence-corrected chi connectivity index (χ0v) is 17.7. The first-order valence-electron chi connectivity index (χ1n) is 10.2. The van der Waals surface area contributed by atoms with Gasteiger partial charge in [-0.3, -0.25) is 4.79 Å². The van der Waals surface area contributed by atoms with E-state index in [4.69, 9.17) is 4.74 Å². The summed E-state index contributed by atoms with van der Waals surface area (Å²) >= 11 is 0. The number of ether oxygens (including phenoxy) is 1. The van der Waals surface area contributed by atoms with Crippen LogP contribution in [0.3, 0.4) is 0 Å². The van der Waals surface area contributed by atoms with E-state index in [0.29, 0.717) is 11.4 Å². The Labute approximate surface area is 184 Å². The number of benzene rings is 2. The highest BCUT2D eigenvalue weighted by molar-refractivity contribution is 5.86. The fourth-order valence-electron chi connectivity index (χ4n) is 3.23. The summed E-state index contributed by atoms with van der Waals surface area (Å²) in [5.74, 6) is -0.587. The van der Waals surface area contributed by atoms with Crippen LogP contribution in [0.4, 0.5) is 5.69 Å². The predicted octanol–water partition coefficient (Wildman–Crippen LogP) is 3.16. The molecule has 0 saturated heterocycles. The molecule has 0 saturated carbocycles. The fourth-order valence-corrected chi connectivity index (χ4v) is 3.23. The Kier molecular flexibility index (Phi) is 6.07. The van der Waals surface area contributed by atoms with Crippen molar-refractivity contribution in [2.75, 3.05) is 11.9 Å². The van der Waals surface area contributed by atoms with Crippen LogP contribution in [0.5, 0.6) is 0 Å². The van der Waals surface area contributed by atoms with Crippen molar-refractivity contribution in [3.63, 3.8) is 0 Å². The second-order valence-corrected chi connectivity index (χ2v) is 7.00. The van der Waals surface area contributed by atoms with Crippen LogP contribution in [0.25, 0.3) is 11.4 Å². The standard InChI is InChI=1S/C23H22N6O3/c1-3-32-23(31)19-15-28(27-26-19)20-14-24-29(18-12-8-5-9-13-18)22(30)21(20)25-16(2)17-10-6-4-7-11-17/h4-16,25H,3H2,1-2H3. The highest BCUT2D eigenvalue weighted by Gasteiger charge is 2.20. The number of para-hydroxylation sites is 1. The molecule has 4 aromatic rings. The Balaban J connectivity index is 1.80. The summed E-state index contributed by atoms with van der Waals surface area (Å²) in [5, 5.41) is 15.5. The van der Waals surface area contributed by atoms with E-state index in [2.05, 4.69) is 20.7 Å². The van der Waals surface area contributed by atoms with Crippen molar-refractivity contribution in [1.29, 1.82) is 0 Å². The van der Waals surface area contributed by atoms with Crippen LogP contribution < -0.4 is 10.9 Å². The summed E-state index contributed by atoms with van der Waals surface area (Å²) in [7, 11) is 0. The summed E-state index contributed by atoms with van der Waals surface area (Å²) in [6.45, 7) is 3.89. The van der Waals surface area contributed by atoms with Crippen molar-refractivity contribution in [3.05, 3.63) is 94.7 Å². The second-order valence-electron chi connectivity index (χ2n) is 7.00. The molecule has 1 unspecified atom stereocenters. The lowest BCUT2D eigenvalue weighted by Crippen LogP contribution is -2.27. The summed E-state index contributed by atoms with van der Waals surface area (Å²) in [4.78, 5) is 25.5. The Morgan fingerprint density at radius 2 is 1.78 bits per heavy atom. The maximum atomic E-state index is 13.5. The van der Waals surface area contributed by atoms with Crippen molar-refractivity contribution in [2.24, 2.45) is 0 Å².